The van der Waals surface area contributed by atoms with E-state index in [2.05, 4.69) is 25.3 Å². The van der Waals surface area contributed by atoms with Gasteiger partial charge < -0.3 is 35.8 Å². The Labute approximate surface area is 158 Å². The predicted molar refractivity (Wildman–Crippen MR) is 96.8 cm³/mol. The van der Waals surface area contributed by atoms with Crippen molar-refractivity contribution in [1.29, 1.82) is 0 Å². The molecule has 3 aromatic heterocycles. The average Bonchev–Trinajstić information content (AvgIpc) is 3.24. The molecule has 1 fully saturated rings. The number of pyridine rings is 1. The summed E-state index contributed by atoms with van der Waals surface area (Å²) in [6.07, 6.45) is -1.48. The summed E-state index contributed by atoms with van der Waals surface area (Å²) >= 11 is 0. The zero-order valence-electron chi connectivity index (χ0n) is 14.8. The summed E-state index contributed by atoms with van der Waals surface area (Å²) in [7, 11) is 1.52. The van der Waals surface area contributed by atoms with Gasteiger partial charge in [-0.3, -0.25) is 4.57 Å². The Morgan fingerprint density at radius 3 is 2.71 bits per heavy atom. The fourth-order valence-corrected chi connectivity index (χ4v) is 2.99. The number of imidazole rings is 1. The number of hydrogen-bond acceptors (Lipinski definition) is 11. The van der Waals surface area contributed by atoms with Crippen LogP contribution in [0, 0.1) is 0 Å². The van der Waals surface area contributed by atoms with E-state index in [0.717, 1.165) is 0 Å². The van der Waals surface area contributed by atoms with Gasteiger partial charge in [0, 0.05) is 6.07 Å². The number of nitrogen functional groups attached to an aromatic ring is 1. The van der Waals surface area contributed by atoms with E-state index >= 15 is 0 Å². The molecule has 0 saturated carbocycles. The molecule has 148 valence electrons. The molecule has 4 heterocycles. The van der Waals surface area contributed by atoms with E-state index < -0.39 is 31.1 Å². The van der Waals surface area contributed by atoms with Crippen molar-refractivity contribution in [2.45, 2.75) is 24.5 Å². The van der Waals surface area contributed by atoms with Crippen LogP contribution in [-0.4, -0.2) is 71.9 Å². The fraction of sp³-hybridized carbons (Fsp3) is 0.375. The van der Waals surface area contributed by atoms with Crippen LogP contribution in [0.4, 0.5) is 17.5 Å². The monoisotopic (exact) mass is 389 g/mol. The lowest BCUT2D eigenvalue weighted by molar-refractivity contribution is -0.0511. The van der Waals surface area contributed by atoms with Crippen molar-refractivity contribution in [1.82, 2.24) is 24.5 Å². The molecule has 3 aromatic rings. The van der Waals surface area contributed by atoms with Crippen LogP contribution < -0.4 is 15.8 Å². The summed E-state index contributed by atoms with van der Waals surface area (Å²) in [5, 5.41) is 32.5. The topological polar surface area (TPSA) is 174 Å². The van der Waals surface area contributed by atoms with Gasteiger partial charge in [-0.2, -0.15) is 9.97 Å². The largest absolute Gasteiger partial charge is 0.481 e. The number of nitrogens with zero attached hydrogens (tertiary/aromatic N) is 5. The van der Waals surface area contributed by atoms with Gasteiger partial charge in [0.1, 0.15) is 23.8 Å². The first kappa shape index (κ1) is 18.3. The van der Waals surface area contributed by atoms with Crippen LogP contribution in [0.15, 0.2) is 24.7 Å². The first-order valence-electron chi connectivity index (χ1n) is 8.41. The number of fused-ring (bicyclic) bond motifs is 1. The van der Waals surface area contributed by atoms with Crippen molar-refractivity contribution in [2.24, 2.45) is 0 Å². The van der Waals surface area contributed by atoms with Gasteiger partial charge in [0.2, 0.25) is 11.8 Å². The Bertz CT molecular complexity index is 979. The van der Waals surface area contributed by atoms with Crippen LogP contribution in [-0.2, 0) is 4.74 Å². The number of aromatic nitrogens is 5. The van der Waals surface area contributed by atoms with Crippen LogP contribution in [0.5, 0.6) is 5.88 Å². The quantitative estimate of drug-likeness (QED) is 0.368. The van der Waals surface area contributed by atoms with Gasteiger partial charge in [0.15, 0.2) is 17.7 Å². The molecular formula is C16H19N7O5. The maximum Gasteiger partial charge on any atom is 0.231 e. The molecule has 12 nitrogen and oxygen atoms in total. The van der Waals surface area contributed by atoms with Gasteiger partial charge in [-0.05, 0) is 6.07 Å². The number of aliphatic hydroxyl groups is 3. The first-order chi connectivity index (χ1) is 13.5. The van der Waals surface area contributed by atoms with Gasteiger partial charge in [0.25, 0.3) is 0 Å². The Morgan fingerprint density at radius 1 is 1.25 bits per heavy atom. The number of aliphatic hydroxyl groups excluding tert-OH is 3. The van der Waals surface area contributed by atoms with Crippen LogP contribution in [0.3, 0.4) is 0 Å². The lowest BCUT2D eigenvalue weighted by Gasteiger charge is -2.16. The van der Waals surface area contributed by atoms with Crippen molar-refractivity contribution in [3.05, 3.63) is 24.7 Å². The van der Waals surface area contributed by atoms with Crippen molar-refractivity contribution in [2.75, 3.05) is 24.8 Å². The van der Waals surface area contributed by atoms with E-state index in [1.807, 2.05) is 0 Å². The van der Waals surface area contributed by atoms with Crippen molar-refractivity contribution < 1.29 is 24.8 Å². The van der Waals surface area contributed by atoms with Crippen molar-refractivity contribution >= 4 is 28.6 Å². The average molecular weight is 389 g/mol. The third-order valence-electron chi connectivity index (χ3n) is 4.44. The molecule has 0 spiro atoms. The minimum atomic E-state index is -1.27. The molecule has 4 rings (SSSR count). The van der Waals surface area contributed by atoms with Crippen molar-refractivity contribution in [3.63, 3.8) is 0 Å². The summed E-state index contributed by atoms with van der Waals surface area (Å²) in [4.78, 5) is 16.8. The summed E-state index contributed by atoms with van der Waals surface area (Å²) in [5.41, 5.74) is 7.21. The Hall–Kier alpha value is -3.06. The summed E-state index contributed by atoms with van der Waals surface area (Å²) in [6.45, 7) is -0.435. The second-order valence-electron chi connectivity index (χ2n) is 6.20. The molecule has 28 heavy (non-hydrogen) atoms. The number of anilines is 3. The van der Waals surface area contributed by atoms with E-state index in [0.29, 0.717) is 22.7 Å². The zero-order chi connectivity index (χ0) is 19.8. The maximum absolute atomic E-state index is 10.3. The van der Waals surface area contributed by atoms with Gasteiger partial charge >= 0.3 is 0 Å². The first-order valence-corrected chi connectivity index (χ1v) is 8.41. The Kier molecular flexibility index (Phi) is 4.68. The number of nitrogens with one attached hydrogen (secondary N) is 1. The van der Waals surface area contributed by atoms with Gasteiger partial charge in [-0.15, -0.1) is 0 Å². The van der Waals surface area contributed by atoms with E-state index in [-0.39, 0.29) is 11.8 Å². The predicted octanol–water partition coefficient (Wildman–Crippen LogP) is -0.833. The minimum absolute atomic E-state index is 0.125. The molecule has 1 saturated heterocycles. The lowest BCUT2D eigenvalue weighted by Crippen LogP contribution is -2.33. The van der Waals surface area contributed by atoms with E-state index in [1.165, 1.54) is 18.0 Å². The van der Waals surface area contributed by atoms with Gasteiger partial charge in [-0.1, -0.05) is 0 Å². The molecule has 0 aliphatic carbocycles. The molecule has 12 heteroatoms. The molecule has 0 amide bonds. The molecule has 6 N–H and O–H groups in total. The van der Waals surface area contributed by atoms with Crippen LogP contribution in [0.25, 0.3) is 11.2 Å². The maximum atomic E-state index is 10.3. The molecule has 0 aromatic carbocycles. The molecular weight excluding hydrogens is 370 g/mol. The number of methoxy groups -OCH3 is 1. The molecule has 4 atom stereocenters. The van der Waals surface area contributed by atoms with E-state index in [9.17, 15) is 15.3 Å². The fourth-order valence-electron chi connectivity index (χ4n) is 2.99. The number of hydrogen-bond donors (Lipinski definition) is 5. The molecule has 1 aliphatic heterocycles. The molecule has 0 bridgehead atoms. The number of nitrogens with two attached hydrogens (primary N) is 1. The summed E-state index contributed by atoms with van der Waals surface area (Å²) in [6, 6.07) is 3.41. The standard InChI is InChI=1S/C16H19N7O5/c1-27-9-3-2-7(4-18-9)20-16-21-13(17)10-14(22-16)23(6-19-10)15-12(26)11(25)8(5-24)28-15/h2-4,6,8,11-12,15,24-26H,5H2,1H3,(H3,17,20,21,22)/t8-,11-,12-,15-/m1/s1. The molecule has 1 aliphatic rings. The smallest absolute Gasteiger partial charge is 0.231 e. The Morgan fingerprint density at radius 2 is 2.07 bits per heavy atom. The van der Waals surface area contributed by atoms with Crippen LogP contribution in [0.2, 0.25) is 0 Å². The minimum Gasteiger partial charge on any atom is -0.481 e. The normalized spacial score (nSPS) is 24.6. The van der Waals surface area contributed by atoms with Gasteiger partial charge in [0.05, 0.1) is 31.9 Å². The van der Waals surface area contributed by atoms with Crippen molar-refractivity contribution in [3.8, 4) is 5.88 Å². The zero-order valence-corrected chi connectivity index (χ0v) is 14.8. The highest BCUT2D eigenvalue weighted by molar-refractivity contribution is 5.83. The van der Waals surface area contributed by atoms with Crippen LogP contribution in [0.1, 0.15) is 6.23 Å². The SMILES string of the molecule is COc1ccc(Nc2nc(N)c3ncn([C@@H]4O[C@H](CO)[C@@H](O)[C@H]4O)c3n2)cn1. The summed E-state index contributed by atoms with van der Waals surface area (Å²) < 4.78 is 12.0. The van der Waals surface area contributed by atoms with E-state index in [4.69, 9.17) is 15.2 Å². The second kappa shape index (κ2) is 7.16. The highest BCUT2D eigenvalue weighted by Gasteiger charge is 2.44. The molecule has 0 radical (unpaired) electrons. The third kappa shape index (κ3) is 3.07. The lowest BCUT2D eigenvalue weighted by atomic mass is 10.1. The third-order valence-corrected chi connectivity index (χ3v) is 4.44. The highest BCUT2D eigenvalue weighted by Crippen LogP contribution is 2.32. The highest BCUT2D eigenvalue weighted by atomic mass is 16.6. The Balaban J connectivity index is 1.68. The van der Waals surface area contributed by atoms with Crippen LogP contribution >= 0.6 is 0 Å². The van der Waals surface area contributed by atoms with E-state index in [1.54, 1.807) is 18.3 Å². The molecule has 0 unspecified atom stereocenters. The van der Waals surface area contributed by atoms with Gasteiger partial charge in [-0.25, -0.2) is 9.97 Å². The second-order valence-corrected chi connectivity index (χ2v) is 6.20. The number of rotatable bonds is 5. The number of ether oxygens (including phenoxy) is 2. The summed E-state index contributed by atoms with van der Waals surface area (Å²) in [5.74, 6) is 0.772.